The molecule has 0 radical (unpaired) electrons. The topological polar surface area (TPSA) is 27.1 Å². The molecule has 0 aliphatic carbocycles. The number of hydrogen-bond donors (Lipinski definition) is 0. The molecular formula is C22H26N2O. The van der Waals surface area contributed by atoms with Crippen molar-refractivity contribution >= 4 is 0 Å². The maximum atomic E-state index is 5.25. The average Bonchev–Trinajstić information content (AvgIpc) is 3.15. The first kappa shape index (κ1) is 17.3. The summed E-state index contributed by atoms with van der Waals surface area (Å²) >= 11 is 0. The van der Waals surface area contributed by atoms with Gasteiger partial charge in [-0.15, -0.1) is 0 Å². The number of ether oxygens (including phenoxy) is 1. The minimum atomic E-state index is 0.581. The maximum Gasteiger partial charge on any atom is 0.118 e. The molecule has 130 valence electrons. The van der Waals surface area contributed by atoms with Gasteiger partial charge in [0.1, 0.15) is 5.75 Å². The van der Waals surface area contributed by atoms with Crippen molar-refractivity contribution in [2.45, 2.75) is 32.7 Å². The fourth-order valence-corrected chi connectivity index (χ4v) is 3.26. The normalized spacial score (nSPS) is 12.1. The lowest BCUT2D eigenvalue weighted by molar-refractivity contribution is 0.409. The van der Waals surface area contributed by atoms with Gasteiger partial charge in [0, 0.05) is 18.9 Å². The lowest BCUT2D eigenvalue weighted by Crippen LogP contribution is -2.14. The predicted octanol–water partition coefficient (Wildman–Crippen LogP) is 4.69. The molecule has 0 saturated carbocycles. The molecule has 1 atom stereocenters. The van der Waals surface area contributed by atoms with Gasteiger partial charge in [-0.2, -0.15) is 0 Å². The molecule has 25 heavy (non-hydrogen) atoms. The van der Waals surface area contributed by atoms with Crippen molar-refractivity contribution in [1.29, 1.82) is 0 Å². The van der Waals surface area contributed by atoms with Gasteiger partial charge in [-0.25, -0.2) is 4.98 Å². The Morgan fingerprint density at radius 1 is 1.08 bits per heavy atom. The third kappa shape index (κ3) is 4.96. The molecule has 0 aliphatic rings. The van der Waals surface area contributed by atoms with Crippen LogP contribution in [0.2, 0.25) is 0 Å². The van der Waals surface area contributed by atoms with Gasteiger partial charge in [0.05, 0.1) is 13.4 Å². The van der Waals surface area contributed by atoms with Crippen molar-refractivity contribution in [2.75, 3.05) is 7.11 Å². The monoisotopic (exact) mass is 334 g/mol. The van der Waals surface area contributed by atoms with E-state index in [-0.39, 0.29) is 0 Å². The van der Waals surface area contributed by atoms with E-state index >= 15 is 0 Å². The first-order valence-corrected chi connectivity index (χ1v) is 8.88. The Morgan fingerprint density at radius 3 is 2.56 bits per heavy atom. The highest BCUT2D eigenvalue weighted by Crippen LogP contribution is 2.21. The summed E-state index contributed by atoms with van der Waals surface area (Å²) in [5.74, 6) is 1.50. The maximum absolute atomic E-state index is 5.25. The molecule has 3 heteroatoms. The van der Waals surface area contributed by atoms with Crippen LogP contribution in [0.3, 0.4) is 0 Å². The van der Waals surface area contributed by atoms with Crippen LogP contribution in [0, 0.1) is 12.8 Å². The fraction of sp³-hybridized carbons (Fsp3) is 0.318. The molecule has 0 aliphatic heterocycles. The zero-order valence-electron chi connectivity index (χ0n) is 15.1. The lowest BCUT2D eigenvalue weighted by Gasteiger charge is -2.19. The van der Waals surface area contributed by atoms with Crippen LogP contribution in [0.25, 0.3) is 0 Å². The third-order valence-corrected chi connectivity index (χ3v) is 4.80. The Morgan fingerprint density at radius 2 is 1.88 bits per heavy atom. The van der Waals surface area contributed by atoms with E-state index in [2.05, 4.69) is 59.1 Å². The molecule has 1 unspecified atom stereocenters. The molecule has 0 fully saturated rings. The van der Waals surface area contributed by atoms with Gasteiger partial charge in [-0.1, -0.05) is 36.4 Å². The SMILES string of the molecule is COc1ccc(CCC(Cc2ccccc2C)Cn2ccnc2)cc1. The number of aromatic nitrogens is 2. The first-order valence-electron chi connectivity index (χ1n) is 8.88. The summed E-state index contributed by atoms with van der Waals surface area (Å²) in [6.07, 6.45) is 9.15. The van der Waals surface area contributed by atoms with Crippen LogP contribution >= 0.6 is 0 Å². The molecule has 0 saturated heterocycles. The van der Waals surface area contributed by atoms with E-state index in [0.29, 0.717) is 5.92 Å². The summed E-state index contributed by atoms with van der Waals surface area (Å²) in [5.41, 5.74) is 4.19. The van der Waals surface area contributed by atoms with Gasteiger partial charge >= 0.3 is 0 Å². The zero-order valence-corrected chi connectivity index (χ0v) is 15.1. The minimum absolute atomic E-state index is 0.581. The van der Waals surface area contributed by atoms with Crippen LogP contribution in [0.5, 0.6) is 5.75 Å². The second-order valence-corrected chi connectivity index (χ2v) is 6.64. The molecule has 0 bridgehead atoms. The van der Waals surface area contributed by atoms with Crippen LogP contribution in [0.1, 0.15) is 23.1 Å². The Balaban J connectivity index is 1.68. The number of rotatable bonds is 8. The van der Waals surface area contributed by atoms with Gasteiger partial charge in [0.2, 0.25) is 0 Å². The highest BCUT2D eigenvalue weighted by molar-refractivity contribution is 5.28. The molecule has 3 nitrogen and oxygen atoms in total. The van der Waals surface area contributed by atoms with Crippen LogP contribution in [0.4, 0.5) is 0 Å². The van der Waals surface area contributed by atoms with E-state index in [0.717, 1.165) is 31.6 Å². The summed E-state index contributed by atoms with van der Waals surface area (Å²) in [5, 5.41) is 0. The third-order valence-electron chi connectivity index (χ3n) is 4.80. The van der Waals surface area contributed by atoms with Gasteiger partial charge < -0.3 is 9.30 Å². The second-order valence-electron chi connectivity index (χ2n) is 6.64. The number of benzene rings is 2. The largest absolute Gasteiger partial charge is 0.497 e. The summed E-state index contributed by atoms with van der Waals surface area (Å²) in [7, 11) is 1.71. The lowest BCUT2D eigenvalue weighted by atomic mass is 9.91. The smallest absolute Gasteiger partial charge is 0.118 e. The molecule has 0 N–H and O–H groups in total. The molecule has 1 aromatic heterocycles. The number of hydrogen-bond acceptors (Lipinski definition) is 2. The Kier molecular flexibility index (Phi) is 5.89. The van der Waals surface area contributed by atoms with Crippen molar-refractivity contribution in [3.63, 3.8) is 0 Å². The van der Waals surface area contributed by atoms with E-state index in [1.54, 1.807) is 7.11 Å². The summed E-state index contributed by atoms with van der Waals surface area (Å²) < 4.78 is 7.44. The van der Waals surface area contributed by atoms with Crippen molar-refractivity contribution in [3.8, 4) is 5.75 Å². The summed E-state index contributed by atoms with van der Waals surface area (Å²) in [4.78, 5) is 4.19. The van der Waals surface area contributed by atoms with E-state index in [9.17, 15) is 0 Å². The Hall–Kier alpha value is -2.55. The van der Waals surface area contributed by atoms with Crippen molar-refractivity contribution in [1.82, 2.24) is 9.55 Å². The van der Waals surface area contributed by atoms with Crippen LogP contribution in [-0.2, 0) is 19.4 Å². The van der Waals surface area contributed by atoms with Gasteiger partial charge in [0.25, 0.3) is 0 Å². The first-order chi connectivity index (χ1) is 12.2. The van der Waals surface area contributed by atoms with Crippen molar-refractivity contribution < 1.29 is 4.74 Å². The van der Waals surface area contributed by atoms with Gasteiger partial charge in [0.15, 0.2) is 0 Å². The standard InChI is InChI=1S/C22H26N2O/c1-18-5-3-4-6-21(18)15-20(16-24-14-13-23-17-24)8-7-19-9-11-22(25-2)12-10-19/h3-6,9-14,17,20H,7-8,15-16H2,1-2H3. The summed E-state index contributed by atoms with van der Waals surface area (Å²) in [6.45, 7) is 3.21. The van der Waals surface area contributed by atoms with E-state index in [1.165, 1.54) is 16.7 Å². The highest BCUT2D eigenvalue weighted by Gasteiger charge is 2.12. The molecular weight excluding hydrogens is 308 g/mol. The molecule has 2 aromatic carbocycles. The second kappa shape index (κ2) is 8.52. The predicted molar refractivity (Wildman–Crippen MR) is 102 cm³/mol. The Labute approximate surface area is 150 Å². The molecule has 3 rings (SSSR count). The summed E-state index contributed by atoms with van der Waals surface area (Å²) in [6, 6.07) is 17.1. The molecule has 0 amide bonds. The fourth-order valence-electron chi connectivity index (χ4n) is 3.26. The van der Waals surface area contributed by atoms with E-state index in [1.807, 2.05) is 24.7 Å². The molecule has 3 aromatic rings. The number of aryl methyl sites for hydroxylation is 2. The molecule has 0 spiro atoms. The van der Waals surface area contributed by atoms with Gasteiger partial charge in [-0.05, 0) is 60.9 Å². The van der Waals surface area contributed by atoms with Crippen LogP contribution in [0.15, 0.2) is 67.3 Å². The van der Waals surface area contributed by atoms with Crippen LogP contribution < -0.4 is 4.74 Å². The number of imidazole rings is 1. The van der Waals surface area contributed by atoms with Gasteiger partial charge in [-0.3, -0.25) is 0 Å². The van der Waals surface area contributed by atoms with E-state index in [4.69, 9.17) is 4.74 Å². The Bertz CT molecular complexity index is 763. The number of nitrogens with zero attached hydrogens (tertiary/aromatic N) is 2. The zero-order chi connectivity index (χ0) is 17.5. The van der Waals surface area contributed by atoms with Crippen molar-refractivity contribution in [3.05, 3.63) is 83.9 Å². The molecule has 1 heterocycles. The quantitative estimate of drug-likeness (QED) is 0.597. The average molecular weight is 334 g/mol. The highest BCUT2D eigenvalue weighted by atomic mass is 16.5. The van der Waals surface area contributed by atoms with Crippen LogP contribution in [-0.4, -0.2) is 16.7 Å². The van der Waals surface area contributed by atoms with E-state index < -0.39 is 0 Å². The minimum Gasteiger partial charge on any atom is -0.497 e. The van der Waals surface area contributed by atoms with Crippen molar-refractivity contribution in [2.24, 2.45) is 5.92 Å². The number of methoxy groups -OCH3 is 1.